The number of hydrogen-bond donors (Lipinski definition) is 0. The van der Waals surface area contributed by atoms with Crippen LogP contribution in [0.3, 0.4) is 0 Å². The molecular weight excluding hydrogens is 287 g/mol. The van der Waals surface area contributed by atoms with Crippen molar-refractivity contribution in [1.82, 2.24) is 10.2 Å². The highest BCUT2D eigenvalue weighted by Gasteiger charge is 2.14. The summed E-state index contributed by atoms with van der Waals surface area (Å²) >= 11 is 11.4. The van der Waals surface area contributed by atoms with E-state index in [1.165, 1.54) is 31.7 Å². The second-order valence-electron chi connectivity index (χ2n) is 4.28. The standard InChI is InChI=1S/C13H18Cl2N2O2/c1-2-3-4-5-6-7-8-19-13(18)10-9-11(14)16-17-12(10)15/h9H,2-8H2,1H3. The van der Waals surface area contributed by atoms with E-state index < -0.39 is 5.97 Å². The first-order valence-electron chi connectivity index (χ1n) is 6.51. The van der Waals surface area contributed by atoms with E-state index in [1.54, 1.807) is 0 Å². The molecule has 0 amide bonds. The van der Waals surface area contributed by atoms with Crippen LogP contribution in [-0.4, -0.2) is 22.8 Å². The maximum Gasteiger partial charge on any atom is 0.341 e. The number of halogens is 2. The highest BCUT2D eigenvalue weighted by atomic mass is 35.5. The molecule has 6 heteroatoms. The molecule has 0 unspecified atom stereocenters. The number of hydrogen-bond acceptors (Lipinski definition) is 4. The Morgan fingerprint density at radius 2 is 1.84 bits per heavy atom. The van der Waals surface area contributed by atoms with E-state index in [0.29, 0.717) is 6.61 Å². The molecule has 0 N–H and O–H groups in total. The van der Waals surface area contributed by atoms with E-state index in [0.717, 1.165) is 12.8 Å². The van der Waals surface area contributed by atoms with Gasteiger partial charge in [-0.2, -0.15) is 0 Å². The molecule has 0 saturated heterocycles. The smallest absolute Gasteiger partial charge is 0.341 e. The lowest BCUT2D eigenvalue weighted by molar-refractivity contribution is 0.0497. The van der Waals surface area contributed by atoms with Crippen LogP contribution in [0, 0.1) is 0 Å². The van der Waals surface area contributed by atoms with Crippen molar-refractivity contribution in [2.75, 3.05) is 6.61 Å². The second kappa shape index (κ2) is 9.10. The van der Waals surface area contributed by atoms with Crippen molar-refractivity contribution in [3.63, 3.8) is 0 Å². The Hall–Kier alpha value is -0.870. The van der Waals surface area contributed by atoms with Gasteiger partial charge in [0.15, 0.2) is 10.3 Å². The molecule has 1 heterocycles. The molecule has 106 valence electrons. The molecule has 0 saturated carbocycles. The van der Waals surface area contributed by atoms with Crippen LogP contribution in [-0.2, 0) is 4.74 Å². The van der Waals surface area contributed by atoms with Crippen molar-refractivity contribution in [2.24, 2.45) is 0 Å². The van der Waals surface area contributed by atoms with Gasteiger partial charge in [-0.25, -0.2) is 4.79 Å². The number of unbranched alkanes of at least 4 members (excludes halogenated alkanes) is 5. The third kappa shape index (κ3) is 6.21. The summed E-state index contributed by atoms with van der Waals surface area (Å²) in [5.41, 5.74) is 0.160. The zero-order chi connectivity index (χ0) is 14.1. The number of rotatable bonds is 8. The maximum atomic E-state index is 11.7. The zero-order valence-electron chi connectivity index (χ0n) is 11.0. The minimum absolute atomic E-state index is 0.0114. The summed E-state index contributed by atoms with van der Waals surface area (Å²) in [6.45, 7) is 2.57. The average Bonchev–Trinajstić information content (AvgIpc) is 2.40. The summed E-state index contributed by atoms with van der Waals surface area (Å²) in [6.07, 6.45) is 6.82. The molecule has 1 rings (SSSR count). The quantitative estimate of drug-likeness (QED) is 0.531. The maximum absolute atomic E-state index is 11.7. The van der Waals surface area contributed by atoms with Crippen LogP contribution in [0.1, 0.15) is 55.8 Å². The van der Waals surface area contributed by atoms with Crippen molar-refractivity contribution in [3.8, 4) is 0 Å². The summed E-state index contributed by atoms with van der Waals surface area (Å²) in [5.74, 6) is -0.504. The molecular formula is C13H18Cl2N2O2. The number of esters is 1. The zero-order valence-corrected chi connectivity index (χ0v) is 12.5. The van der Waals surface area contributed by atoms with E-state index in [4.69, 9.17) is 27.9 Å². The topological polar surface area (TPSA) is 52.1 Å². The summed E-state index contributed by atoms with van der Waals surface area (Å²) in [6, 6.07) is 1.36. The monoisotopic (exact) mass is 304 g/mol. The van der Waals surface area contributed by atoms with Gasteiger partial charge >= 0.3 is 5.97 Å². The van der Waals surface area contributed by atoms with Crippen LogP contribution in [0.5, 0.6) is 0 Å². The Morgan fingerprint density at radius 1 is 1.16 bits per heavy atom. The Bertz CT molecular complexity index is 414. The van der Waals surface area contributed by atoms with Gasteiger partial charge in [-0.15, -0.1) is 10.2 Å². The normalized spacial score (nSPS) is 10.5. The first-order valence-corrected chi connectivity index (χ1v) is 7.26. The average molecular weight is 305 g/mol. The van der Waals surface area contributed by atoms with Crippen molar-refractivity contribution in [3.05, 3.63) is 21.9 Å². The van der Waals surface area contributed by atoms with Crippen LogP contribution >= 0.6 is 23.2 Å². The molecule has 0 aliphatic heterocycles. The molecule has 0 fully saturated rings. The highest BCUT2D eigenvalue weighted by Crippen LogP contribution is 2.16. The van der Waals surface area contributed by atoms with E-state index in [1.807, 2.05) is 0 Å². The third-order valence-corrected chi connectivity index (χ3v) is 3.13. The lowest BCUT2D eigenvalue weighted by atomic mass is 10.1. The number of carbonyl (C=O) groups excluding carboxylic acids is 1. The van der Waals surface area contributed by atoms with Crippen LogP contribution in [0.25, 0.3) is 0 Å². The van der Waals surface area contributed by atoms with Gasteiger partial charge < -0.3 is 4.74 Å². The fourth-order valence-corrected chi connectivity index (χ4v) is 1.94. The number of nitrogens with zero attached hydrogens (tertiary/aromatic N) is 2. The van der Waals surface area contributed by atoms with E-state index in [9.17, 15) is 4.79 Å². The molecule has 0 atom stereocenters. The summed E-state index contributed by atoms with van der Waals surface area (Å²) in [4.78, 5) is 11.7. The fraction of sp³-hybridized carbons (Fsp3) is 0.615. The summed E-state index contributed by atoms with van der Waals surface area (Å²) in [5, 5.41) is 7.23. The van der Waals surface area contributed by atoms with Crippen molar-refractivity contribution in [1.29, 1.82) is 0 Å². The first-order chi connectivity index (χ1) is 9.15. The molecule has 0 aliphatic rings. The van der Waals surface area contributed by atoms with Gasteiger partial charge in [0, 0.05) is 0 Å². The van der Waals surface area contributed by atoms with Gasteiger partial charge in [0.05, 0.1) is 6.61 Å². The molecule has 0 aliphatic carbocycles. The molecule has 0 aromatic carbocycles. The van der Waals surface area contributed by atoms with Gasteiger partial charge in [0.25, 0.3) is 0 Å². The van der Waals surface area contributed by atoms with E-state index in [-0.39, 0.29) is 15.9 Å². The molecule has 1 aromatic heterocycles. The van der Waals surface area contributed by atoms with Gasteiger partial charge in [-0.05, 0) is 12.5 Å². The van der Waals surface area contributed by atoms with Gasteiger partial charge in [0.2, 0.25) is 0 Å². The third-order valence-electron chi connectivity index (χ3n) is 2.67. The fourth-order valence-electron chi connectivity index (χ4n) is 1.62. The first kappa shape index (κ1) is 16.2. The van der Waals surface area contributed by atoms with Gasteiger partial charge in [-0.3, -0.25) is 0 Å². The van der Waals surface area contributed by atoms with E-state index in [2.05, 4.69) is 17.1 Å². The Kier molecular flexibility index (Phi) is 7.75. The Balaban J connectivity index is 2.26. The van der Waals surface area contributed by atoms with E-state index >= 15 is 0 Å². The largest absolute Gasteiger partial charge is 0.462 e. The predicted molar refractivity (Wildman–Crippen MR) is 75.7 cm³/mol. The van der Waals surface area contributed by atoms with Crippen LogP contribution < -0.4 is 0 Å². The van der Waals surface area contributed by atoms with Crippen molar-refractivity contribution in [2.45, 2.75) is 45.4 Å². The molecule has 4 nitrogen and oxygen atoms in total. The van der Waals surface area contributed by atoms with Crippen LogP contribution in [0.2, 0.25) is 10.3 Å². The number of carbonyl (C=O) groups is 1. The minimum atomic E-state index is -0.504. The number of ether oxygens (including phenoxy) is 1. The lowest BCUT2D eigenvalue weighted by Gasteiger charge is -2.05. The molecule has 0 spiro atoms. The van der Waals surface area contributed by atoms with Gasteiger partial charge in [0.1, 0.15) is 5.56 Å². The molecule has 0 bridgehead atoms. The predicted octanol–water partition coefficient (Wildman–Crippen LogP) is 4.30. The van der Waals surface area contributed by atoms with Crippen molar-refractivity contribution >= 4 is 29.2 Å². The minimum Gasteiger partial charge on any atom is -0.462 e. The Morgan fingerprint density at radius 3 is 2.58 bits per heavy atom. The van der Waals surface area contributed by atoms with Crippen LogP contribution in [0.15, 0.2) is 6.07 Å². The van der Waals surface area contributed by atoms with Gasteiger partial charge in [-0.1, -0.05) is 62.2 Å². The Labute approximate surface area is 123 Å². The van der Waals surface area contributed by atoms with Crippen molar-refractivity contribution < 1.29 is 9.53 Å². The lowest BCUT2D eigenvalue weighted by Crippen LogP contribution is -2.08. The highest BCUT2D eigenvalue weighted by molar-refractivity contribution is 6.33. The second-order valence-corrected chi connectivity index (χ2v) is 5.02. The molecule has 1 aromatic rings. The van der Waals surface area contributed by atoms with Crippen LogP contribution in [0.4, 0.5) is 0 Å². The summed E-state index contributed by atoms with van der Waals surface area (Å²) < 4.78 is 5.12. The summed E-state index contributed by atoms with van der Waals surface area (Å²) in [7, 11) is 0. The molecule has 0 radical (unpaired) electrons. The molecule has 19 heavy (non-hydrogen) atoms. The number of aromatic nitrogens is 2. The SMILES string of the molecule is CCCCCCCCOC(=O)c1cc(Cl)nnc1Cl.